The third-order valence-corrected chi connectivity index (χ3v) is 3.05. The van der Waals surface area contributed by atoms with E-state index >= 15 is 0 Å². The molecule has 0 radical (unpaired) electrons. The number of hydrogen-bond donors (Lipinski definition) is 1. The van der Waals surface area contributed by atoms with Crippen molar-refractivity contribution in [1.82, 2.24) is 0 Å². The predicted molar refractivity (Wildman–Crippen MR) is 75.0 cm³/mol. The van der Waals surface area contributed by atoms with Gasteiger partial charge in [0.1, 0.15) is 5.76 Å². The zero-order valence-corrected chi connectivity index (χ0v) is 10.4. The van der Waals surface area contributed by atoms with E-state index in [0.29, 0.717) is 11.8 Å². The summed E-state index contributed by atoms with van der Waals surface area (Å²) in [4.78, 5) is 0. The molecule has 1 heterocycles. The summed E-state index contributed by atoms with van der Waals surface area (Å²) in [5.74, 6) is 0.827. The van der Waals surface area contributed by atoms with Crippen LogP contribution in [0.1, 0.15) is 5.76 Å². The molecular formula is C15H12ClNO. The van der Waals surface area contributed by atoms with Crippen LogP contribution < -0.4 is 5.32 Å². The molecule has 1 N–H and O–H groups in total. The highest BCUT2D eigenvalue weighted by atomic mass is 35.5. The van der Waals surface area contributed by atoms with Gasteiger partial charge in [-0.05, 0) is 46.6 Å². The van der Waals surface area contributed by atoms with Gasteiger partial charge in [-0.25, -0.2) is 0 Å². The molecule has 18 heavy (non-hydrogen) atoms. The van der Waals surface area contributed by atoms with Gasteiger partial charge in [-0.3, -0.25) is 0 Å². The molecule has 0 saturated carbocycles. The lowest BCUT2D eigenvalue weighted by atomic mass is 10.1. The molecule has 0 atom stereocenters. The van der Waals surface area contributed by atoms with Gasteiger partial charge in [0.05, 0.1) is 6.54 Å². The number of rotatable bonds is 3. The number of benzene rings is 2. The second kappa shape index (κ2) is 4.75. The molecule has 0 unspecified atom stereocenters. The molecule has 2 aromatic carbocycles. The van der Waals surface area contributed by atoms with Crippen LogP contribution in [0, 0.1) is 0 Å². The maximum atomic E-state index is 5.73. The highest BCUT2D eigenvalue weighted by molar-refractivity contribution is 6.28. The van der Waals surface area contributed by atoms with Crippen molar-refractivity contribution in [3.63, 3.8) is 0 Å². The first-order valence-corrected chi connectivity index (χ1v) is 6.16. The summed E-state index contributed by atoms with van der Waals surface area (Å²) < 4.78 is 5.30. The van der Waals surface area contributed by atoms with Crippen molar-refractivity contribution in [1.29, 1.82) is 0 Å². The van der Waals surface area contributed by atoms with Crippen molar-refractivity contribution in [3.8, 4) is 0 Å². The Kier molecular flexibility index (Phi) is 2.95. The average Bonchev–Trinajstić information content (AvgIpc) is 2.82. The summed E-state index contributed by atoms with van der Waals surface area (Å²) in [6, 6.07) is 18.2. The molecule has 1 aromatic heterocycles. The minimum atomic E-state index is 0.422. The quantitative estimate of drug-likeness (QED) is 0.736. The van der Waals surface area contributed by atoms with Gasteiger partial charge in [0.15, 0.2) is 5.22 Å². The van der Waals surface area contributed by atoms with Gasteiger partial charge in [-0.15, -0.1) is 0 Å². The summed E-state index contributed by atoms with van der Waals surface area (Å²) in [6.45, 7) is 0.630. The van der Waals surface area contributed by atoms with E-state index in [0.717, 1.165) is 11.4 Å². The van der Waals surface area contributed by atoms with Gasteiger partial charge in [0.25, 0.3) is 0 Å². The molecule has 0 spiro atoms. The number of fused-ring (bicyclic) bond motifs is 1. The summed E-state index contributed by atoms with van der Waals surface area (Å²) in [5, 5.41) is 6.20. The monoisotopic (exact) mass is 257 g/mol. The fourth-order valence-electron chi connectivity index (χ4n) is 1.94. The van der Waals surface area contributed by atoms with E-state index in [1.165, 1.54) is 10.8 Å². The van der Waals surface area contributed by atoms with Crippen LogP contribution in [0.25, 0.3) is 10.8 Å². The maximum absolute atomic E-state index is 5.73. The lowest BCUT2D eigenvalue weighted by Crippen LogP contribution is -1.97. The zero-order chi connectivity index (χ0) is 12.4. The van der Waals surface area contributed by atoms with Crippen molar-refractivity contribution in [3.05, 3.63) is 65.6 Å². The molecule has 0 aliphatic rings. The molecule has 0 aliphatic heterocycles. The summed E-state index contributed by atoms with van der Waals surface area (Å²) in [7, 11) is 0. The smallest absolute Gasteiger partial charge is 0.193 e. The van der Waals surface area contributed by atoms with Gasteiger partial charge in [-0.1, -0.05) is 30.3 Å². The van der Waals surface area contributed by atoms with Gasteiger partial charge < -0.3 is 9.73 Å². The van der Waals surface area contributed by atoms with E-state index in [-0.39, 0.29) is 0 Å². The van der Waals surface area contributed by atoms with Crippen LogP contribution in [0.3, 0.4) is 0 Å². The van der Waals surface area contributed by atoms with Crippen molar-refractivity contribution in [2.24, 2.45) is 0 Å². The molecule has 0 bridgehead atoms. The Hall–Kier alpha value is -1.93. The first kappa shape index (κ1) is 11.2. The zero-order valence-electron chi connectivity index (χ0n) is 9.69. The number of halogens is 1. The van der Waals surface area contributed by atoms with Crippen molar-refractivity contribution in [2.45, 2.75) is 6.54 Å². The van der Waals surface area contributed by atoms with Gasteiger partial charge >= 0.3 is 0 Å². The predicted octanol–water partition coefficient (Wildman–Crippen LogP) is 4.70. The standard InChI is InChI=1S/C15H12ClNO/c16-15-8-7-14(18-15)10-17-13-6-5-11-3-1-2-4-12(11)9-13/h1-9,17H,10H2. The number of hydrogen-bond acceptors (Lipinski definition) is 2. The SMILES string of the molecule is Clc1ccc(CNc2ccc3ccccc3c2)o1. The molecule has 3 rings (SSSR count). The third kappa shape index (κ3) is 2.34. The largest absolute Gasteiger partial charge is 0.448 e. The molecule has 3 aromatic rings. The van der Waals surface area contributed by atoms with Gasteiger partial charge in [-0.2, -0.15) is 0 Å². The Labute approximate surface area is 110 Å². The molecule has 0 fully saturated rings. The topological polar surface area (TPSA) is 25.2 Å². The molecule has 0 aliphatic carbocycles. The molecular weight excluding hydrogens is 246 g/mol. The van der Waals surface area contributed by atoms with E-state index in [4.69, 9.17) is 16.0 Å². The molecule has 2 nitrogen and oxygen atoms in total. The Bertz CT molecular complexity index is 675. The van der Waals surface area contributed by atoms with E-state index in [2.05, 4.69) is 35.6 Å². The van der Waals surface area contributed by atoms with Crippen LogP contribution in [-0.4, -0.2) is 0 Å². The summed E-state index contributed by atoms with van der Waals surface area (Å²) in [6.07, 6.45) is 0. The first-order valence-electron chi connectivity index (χ1n) is 5.78. The van der Waals surface area contributed by atoms with Crippen LogP contribution >= 0.6 is 11.6 Å². The van der Waals surface area contributed by atoms with Crippen molar-refractivity contribution >= 4 is 28.1 Å². The normalized spacial score (nSPS) is 10.7. The van der Waals surface area contributed by atoms with E-state index in [9.17, 15) is 0 Å². The first-order chi connectivity index (χ1) is 8.81. The maximum Gasteiger partial charge on any atom is 0.193 e. The van der Waals surface area contributed by atoms with E-state index in [1.807, 2.05) is 18.2 Å². The van der Waals surface area contributed by atoms with Crippen molar-refractivity contribution < 1.29 is 4.42 Å². The van der Waals surface area contributed by atoms with Crippen LogP contribution in [0.5, 0.6) is 0 Å². The van der Waals surface area contributed by atoms with Crippen LogP contribution in [0.4, 0.5) is 5.69 Å². The van der Waals surface area contributed by atoms with Gasteiger partial charge in [0.2, 0.25) is 0 Å². The molecule has 3 heteroatoms. The summed E-state index contributed by atoms with van der Waals surface area (Å²) >= 11 is 5.73. The van der Waals surface area contributed by atoms with E-state index < -0.39 is 0 Å². The average molecular weight is 258 g/mol. The van der Waals surface area contributed by atoms with E-state index in [1.54, 1.807) is 6.07 Å². The fourth-order valence-corrected chi connectivity index (χ4v) is 2.10. The van der Waals surface area contributed by atoms with Crippen molar-refractivity contribution in [2.75, 3.05) is 5.32 Å². The second-order valence-electron chi connectivity index (χ2n) is 4.12. The molecule has 90 valence electrons. The minimum Gasteiger partial charge on any atom is -0.448 e. The lowest BCUT2D eigenvalue weighted by molar-refractivity contribution is 0.520. The summed E-state index contributed by atoms with van der Waals surface area (Å²) in [5.41, 5.74) is 1.07. The highest BCUT2D eigenvalue weighted by Crippen LogP contribution is 2.20. The Balaban J connectivity index is 1.78. The lowest BCUT2D eigenvalue weighted by Gasteiger charge is -2.05. The van der Waals surface area contributed by atoms with Crippen LogP contribution in [-0.2, 0) is 6.54 Å². The Morgan fingerprint density at radius 2 is 1.78 bits per heavy atom. The number of furan rings is 1. The number of nitrogens with one attached hydrogen (secondary N) is 1. The highest BCUT2D eigenvalue weighted by Gasteiger charge is 2.00. The second-order valence-corrected chi connectivity index (χ2v) is 4.49. The fraction of sp³-hybridized carbons (Fsp3) is 0.0667. The van der Waals surface area contributed by atoms with Gasteiger partial charge in [0, 0.05) is 5.69 Å². The van der Waals surface area contributed by atoms with Crippen LogP contribution in [0.2, 0.25) is 5.22 Å². The third-order valence-electron chi connectivity index (χ3n) is 2.85. The van der Waals surface area contributed by atoms with Crippen LogP contribution in [0.15, 0.2) is 59.0 Å². The number of anilines is 1. The Morgan fingerprint density at radius 3 is 2.56 bits per heavy atom. The molecule has 0 amide bonds. The Morgan fingerprint density at radius 1 is 0.944 bits per heavy atom. The minimum absolute atomic E-state index is 0.422. The molecule has 0 saturated heterocycles.